The summed E-state index contributed by atoms with van der Waals surface area (Å²) >= 11 is 0. The molecule has 6 rings (SSSR count). The van der Waals surface area contributed by atoms with Crippen LogP contribution in [0, 0.1) is 28.9 Å². The number of sulfone groups is 1. The Bertz CT molecular complexity index is 1530. The Morgan fingerprint density at radius 3 is 2.32 bits per heavy atom. The van der Waals surface area contributed by atoms with Crippen LogP contribution >= 0.6 is 0 Å². The molecule has 1 saturated heterocycles. The van der Waals surface area contributed by atoms with Gasteiger partial charge in [-0.1, -0.05) is 31.4 Å². The van der Waals surface area contributed by atoms with Gasteiger partial charge in [0.2, 0.25) is 5.91 Å². The number of nitriles is 1. The van der Waals surface area contributed by atoms with E-state index in [0.717, 1.165) is 61.4 Å². The molecule has 3 fully saturated rings. The van der Waals surface area contributed by atoms with Crippen molar-refractivity contribution in [3.05, 3.63) is 66.5 Å². The third-order valence-corrected chi connectivity index (χ3v) is 9.56. The highest BCUT2D eigenvalue weighted by Gasteiger charge is 2.45. The van der Waals surface area contributed by atoms with Gasteiger partial charge in [-0.2, -0.15) is 10.4 Å². The fourth-order valence-electron chi connectivity index (χ4n) is 5.20. The molecule has 2 saturated carbocycles. The zero-order chi connectivity index (χ0) is 29.0. The number of hydrogen-bond donors (Lipinski definition) is 1. The van der Waals surface area contributed by atoms with E-state index < -0.39 is 27.0 Å². The normalized spacial score (nSPS) is 19.4. The number of benzene rings is 2. The summed E-state index contributed by atoms with van der Waals surface area (Å²) in [7, 11) is -2.91. The molecule has 8 nitrogen and oxygen atoms in total. The maximum Gasteiger partial charge on any atom is 0.224 e. The number of rotatable bonds is 5. The quantitative estimate of drug-likeness (QED) is 0.451. The fraction of sp³-hybridized carbons (Fsp3) is 0.433. The summed E-state index contributed by atoms with van der Waals surface area (Å²) in [6, 6.07) is 13.2. The predicted molar refractivity (Wildman–Crippen MR) is 154 cm³/mol. The standard InChI is InChI=1S/C19H17F2N3O2S.C11H16N2O.H2/c20-16-3-6-19(18(21)11-16)24-13-15(12-22-24)14-1-4-17(5-2-14)23-7-9-27(25,26)10-8-23;12-8-11(6-7-11)13-10(14)9-4-2-1-3-5-9;/h1-6,11-13H,7-10H2;9H,1-7H2,(H,13,14);1H. The van der Waals surface area contributed by atoms with Crippen LogP contribution < -0.4 is 10.2 Å². The van der Waals surface area contributed by atoms with E-state index in [1.165, 1.54) is 23.2 Å². The molecule has 1 aromatic heterocycles. The van der Waals surface area contributed by atoms with Crippen LogP contribution in [0.5, 0.6) is 0 Å². The first-order valence-electron chi connectivity index (χ1n) is 14.0. The molecule has 3 aromatic rings. The highest BCUT2D eigenvalue weighted by molar-refractivity contribution is 7.91. The second-order valence-electron chi connectivity index (χ2n) is 11.0. The molecule has 3 aliphatic rings. The molecule has 2 aliphatic carbocycles. The van der Waals surface area contributed by atoms with Crippen LogP contribution in [0.15, 0.2) is 54.9 Å². The van der Waals surface area contributed by atoms with E-state index in [4.69, 9.17) is 5.26 Å². The third kappa shape index (κ3) is 7.11. The van der Waals surface area contributed by atoms with Crippen molar-refractivity contribution < 1.29 is 23.4 Å². The number of hydrogen-bond acceptors (Lipinski definition) is 6. The lowest BCUT2D eigenvalue weighted by Gasteiger charge is -2.28. The van der Waals surface area contributed by atoms with Crippen LogP contribution in [0.3, 0.4) is 0 Å². The molecule has 0 bridgehead atoms. The molecule has 41 heavy (non-hydrogen) atoms. The van der Waals surface area contributed by atoms with Gasteiger partial charge >= 0.3 is 0 Å². The van der Waals surface area contributed by atoms with Crippen LogP contribution in [0.2, 0.25) is 0 Å². The van der Waals surface area contributed by atoms with Crippen molar-refractivity contribution >= 4 is 21.4 Å². The van der Waals surface area contributed by atoms with Crippen molar-refractivity contribution in [2.24, 2.45) is 5.92 Å². The lowest BCUT2D eigenvalue weighted by molar-refractivity contribution is -0.126. The van der Waals surface area contributed by atoms with Crippen molar-refractivity contribution in [1.29, 1.82) is 5.26 Å². The van der Waals surface area contributed by atoms with E-state index in [9.17, 15) is 22.0 Å². The molecule has 2 heterocycles. The molecule has 1 aliphatic heterocycles. The van der Waals surface area contributed by atoms with Crippen molar-refractivity contribution in [3.8, 4) is 22.9 Å². The molecule has 11 heteroatoms. The smallest absolute Gasteiger partial charge is 0.224 e. The number of amides is 1. The number of nitrogens with one attached hydrogen (secondary N) is 1. The third-order valence-electron chi connectivity index (χ3n) is 7.95. The van der Waals surface area contributed by atoms with Gasteiger partial charge in [-0.3, -0.25) is 4.79 Å². The van der Waals surface area contributed by atoms with Crippen molar-refractivity contribution in [3.63, 3.8) is 0 Å². The molecule has 218 valence electrons. The first-order chi connectivity index (χ1) is 19.7. The number of aromatic nitrogens is 2. The Labute approximate surface area is 240 Å². The van der Waals surface area contributed by atoms with Crippen LogP contribution in [0.4, 0.5) is 14.5 Å². The summed E-state index contributed by atoms with van der Waals surface area (Å²) in [5.74, 6) is -0.682. The second kappa shape index (κ2) is 12.0. The van der Waals surface area contributed by atoms with Gasteiger partial charge in [-0.25, -0.2) is 21.9 Å². The van der Waals surface area contributed by atoms with Crippen LogP contribution in [0.25, 0.3) is 16.8 Å². The number of halogens is 2. The van der Waals surface area contributed by atoms with Crippen LogP contribution in [-0.2, 0) is 14.6 Å². The van der Waals surface area contributed by atoms with Gasteiger partial charge in [0.1, 0.15) is 17.0 Å². The van der Waals surface area contributed by atoms with E-state index >= 15 is 0 Å². The molecule has 0 spiro atoms. The highest BCUT2D eigenvalue weighted by atomic mass is 32.2. The molecular formula is C30H35F2N5O3S. The minimum atomic E-state index is -2.91. The summed E-state index contributed by atoms with van der Waals surface area (Å²) in [6.45, 7) is 0.979. The Morgan fingerprint density at radius 1 is 1.02 bits per heavy atom. The average Bonchev–Trinajstić information content (AvgIpc) is 3.58. The Morgan fingerprint density at radius 2 is 1.71 bits per heavy atom. The van der Waals surface area contributed by atoms with Gasteiger partial charge in [0.15, 0.2) is 15.7 Å². The topological polar surface area (TPSA) is 108 Å². The molecule has 0 atom stereocenters. The lowest BCUT2D eigenvalue weighted by atomic mass is 9.88. The van der Waals surface area contributed by atoms with E-state index in [2.05, 4.69) is 16.5 Å². The first kappa shape index (κ1) is 28.7. The van der Waals surface area contributed by atoms with Gasteiger partial charge in [-0.15, -0.1) is 0 Å². The lowest BCUT2D eigenvalue weighted by Crippen LogP contribution is -2.40. The zero-order valence-electron chi connectivity index (χ0n) is 22.7. The predicted octanol–water partition coefficient (Wildman–Crippen LogP) is 5.04. The van der Waals surface area contributed by atoms with Gasteiger partial charge in [0.25, 0.3) is 0 Å². The van der Waals surface area contributed by atoms with E-state index in [-0.39, 0.29) is 30.4 Å². The molecule has 1 amide bonds. The second-order valence-corrected chi connectivity index (χ2v) is 13.3. The number of carbonyl (C=O) groups is 1. The van der Waals surface area contributed by atoms with E-state index in [1.807, 2.05) is 29.2 Å². The van der Waals surface area contributed by atoms with Gasteiger partial charge < -0.3 is 10.2 Å². The van der Waals surface area contributed by atoms with Crippen molar-refractivity contribution in [1.82, 2.24) is 15.1 Å². The Kier molecular flexibility index (Phi) is 8.40. The van der Waals surface area contributed by atoms with Gasteiger partial charge in [0, 0.05) is 43.9 Å². The Hall–Kier alpha value is -3.78. The monoisotopic (exact) mass is 583 g/mol. The first-order valence-corrected chi connectivity index (χ1v) is 15.8. The number of anilines is 1. The maximum atomic E-state index is 13.9. The summed E-state index contributed by atoms with van der Waals surface area (Å²) in [5, 5.41) is 15.9. The summed E-state index contributed by atoms with van der Waals surface area (Å²) in [6.07, 6.45) is 10.6. The molecule has 2 aromatic carbocycles. The largest absolute Gasteiger partial charge is 0.369 e. The molecule has 0 radical (unpaired) electrons. The van der Waals surface area contributed by atoms with E-state index in [0.29, 0.717) is 13.1 Å². The molecular weight excluding hydrogens is 548 g/mol. The van der Waals surface area contributed by atoms with Crippen LogP contribution in [-0.4, -0.2) is 54.2 Å². The molecule has 1 N–H and O–H groups in total. The van der Waals surface area contributed by atoms with Gasteiger partial charge in [0.05, 0.1) is 23.8 Å². The average molecular weight is 584 g/mol. The fourth-order valence-corrected chi connectivity index (χ4v) is 6.40. The molecule has 0 unspecified atom stereocenters. The van der Waals surface area contributed by atoms with Gasteiger partial charge in [-0.05, 0) is 55.5 Å². The number of nitrogens with zero attached hydrogens (tertiary/aromatic N) is 4. The van der Waals surface area contributed by atoms with Crippen molar-refractivity contribution in [2.45, 2.75) is 50.5 Å². The SMILES string of the molecule is N#CC1(NC(=O)C2CCCCC2)CC1.O=S1(=O)CCN(c2ccc(-c3cnn(-c4ccc(F)cc4F)c3)cc2)CC1.[HH]. The zero-order valence-corrected chi connectivity index (χ0v) is 23.5. The number of carbonyl (C=O) groups excluding carboxylic acids is 1. The minimum Gasteiger partial charge on any atom is -0.369 e. The van der Waals surface area contributed by atoms with Crippen LogP contribution in [0.1, 0.15) is 46.4 Å². The summed E-state index contributed by atoms with van der Waals surface area (Å²) < 4.78 is 51.4. The Balaban J connectivity index is 0.000000228. The maximum absolute atomic E-state index is 13.9. The summed E-state index contributed by atoms with van der Waals surface area (Å²) in [4.78, 5) is 13.8. The van der Waals surface area contributed by atoms with E-state index in [1.54, 1.807) is 12.4 Å². The minimum absolute atomic E-state index is 0. The highest BCUT2D eigenvalue weighted by Crippen LogP contribution is 2.35. The summed E-state index contributed by atoms with van der Waals surface area (Å²) in [5.41, 5.74) is 2.36. The van der Waals surface area contributed by atoms with Crippen molar-refractivity contribution in [2.75, 3.05) is 29.5 Å².